The highest BCUT2D eigenvalue weighted by Gasteiger charge is 2.14. The first-order valence-electron chi connectivity index (χ1n) is 5.35. The molecule has 0 spiro atoms. The predicted octanol–water partition coefficient (Wildman–Crippen LogP) is 4.00. The van der Waals surface area contributed by atoms with Gasteiger partial charge in [0.05, 0.1) is 28.5 Å². The van der Waals surface area contributed by atoms with Crippen LogP contribution in [0, 0.1) is 23.0 Å². The van der Waals surface area contributed by atoms with Crippen LogP contribution in [0.4, 0.5) is 8.78 Å². The van der Waals surface area contributed by atoms with E-state index in [-0.39, 0.29) is 10.5 Å². The van der Waals surface area contributed by atoms with E-state index in [2.05, 4.69) is 0 Å². The second-order valence-corrected chi connectivity index (χ2v) is 4.69. The van der Waals surface area contributed by atoms with Gasteiger partial charge < -0.3 is 4.74 Å². The first-order chi connectivity index (χ1) is 9.15. The summed E-state index contributed by atoms with van der Waals surface area (Å²) in [6.07, 6.45) is 0. The van der Waals surface area contributed by atoms with E-state index >= 15 is 0 Å². The number of methoxy groups -OCH3 is 1. The molecule has 0 aliphatic rings. The number of benzene rings is 2. The minimum absolute atomic E-state index is 0.0422. The molecule has 0 atom stereocenters. The predicted molar refractivity (Wildman–Crippen MR) is 68.2 cm³/mol. The Kier molecular flexibility index (Phi) is 4.03. The van der Waals surface area contributed by atoms with Gasteiger partial charge in [0.1, 0.15) is 17.4 Å². The van der Waals surface area contributed by atoms with Gasteiger partial charge in [0.15, 0.2) is 0 Å². The van der Waals surface area contributed by atoms with Crippen molar-refractivity contribution in [3.63, 3.8) is 0 Å². The van der Waals surface area contributed by atoms with Crippen LogP contribution in [0.25, 0.3) is 0 Å². The Morgan fingerprint density at radius 1 is 1.16 bits per heavy atom. The molecular weight excluding hydrogens is 268 g/mol. The van der Waals surface area contributed by atoms with Crippen LogP contribution >= 0.6 is 11.8 Å². The second kappa shape index (κ2) is 5.72. The Morgan fingerprint density at radius 3 is 2.37 bits per heavy atom. The van der Waals surface area contributed by atoms with E-state index in [1.807, 2.05) is 0 Å². The first kappa shape index (κ1) is 13.4. The summed E-state index contributed by atoms with van der Waals surface area (Å²) in [5.41, 5.74) is -0.0422. The highest BCUT2D eigenvalue weighted by Crippen LogP contribution is 2.37. The first-order valence-corrected chi connectivity index (χ1v) is 6.17. The highest BCUT2D eigenvalue weighted by molar-refractivity contribution is 7.99. The van der Waals surface area contributed by atoms with Gasteiger partial charge in [-0.05, 0) is 24.3 Å². The molecule has 5 heteroatoms. The molecular formula is C14H9F2NOS. The van der Waals surface area contributed by atoms with Crippen molar-refractivity contribution < 1.29 is 13.5 Å². The Bertz CT molecular complexity index is 629. The van der Waals surface area contributed by atoms with Gasteiger partial charge in [0.25, 0.3) is 0 Å². The molecule has 2 rings (SSSR count). The van der Waals surface area contributed by atoms with Crippen molar-refractivity contribution in [2.45, 2.75) is 9.79 Å². The normalized spacial score (nSPS) is 10.0. The lowest BCUT2D eigenvalue weighted by molar-refractivity contribution is 0.404. The number of para-hydroxylation sites is 1. The van der Waals surface area contributed by atoms with E-state index in [4.69, 9.17) is 10.00 Å². The molecule has 0 aliphatic carbocycles. The fourth-order valence-electron chi connectivity index (χ4n) is 1.54. The molecule has 2 aromatic carbocycles. The maximum Gasteiger partial charge on any atom is 0.141 e. The van der Waals surface area contributed by atoms with Gasteiger partial charge in [-0.1, -0.05) is 23.9 Å². The third kappa shape index (κ3) is 2.85. The number of halogens is 2. The molecule has 96 valence electrons. The standard InChI is InChI=1S/C14H9F2NOS/c1-18-12-4-2-3-5-13(12)19-14-10(15)6-9(8-17)7-11(14)16/h2-7H,1H3. The molecule has 0 bridgehead atoms. The molecule has 2 aromatic rings. The summed E-state index contributed by atoms with van der Waals surface area (Å²) in [4.78, 5) is 0.455. The summed E-state index contributed by atoms with van der Waals surface area (Å²) < 4.78 is 32.7. The lowest BCUT2D eigenvalue weighted by Crippen LogP contribution is -1.91. The van der Waals surface area contributed by atoms with Crippen molar-refractivity contribution in [3.05, 3.63) is 53.6 Å². The zero-order valence-electron chi connectivity index (χ0n) is 9.98. The van der Waals surface area contributed by atoms with Crippen LogP contribution in [-0.4, -0.2) is 7.11 Å². The van der Waals surface area contributed by atoms with Crippen molar-refractivity contribution in [1.29, 1.82) is 5.26 Å². The van der Waals surface area contributed by atoms with Crippen LogP contribution in [0.5, 0.6) is 5.75 Å². The smallest absolute Gasteiger partial charge is 0.141 e. The van der Waals surface area contributed by atoms with Crippen molar-refractivity contribution >= 4 is 11.8 Å². The van der Waals surface area contributed by atoms with Crippen molar-refractivity contribution in [2.24, 2.45) is 0 Å². The topological polar surface area (TPSA) is 33.0 Å². The van der Waals surface area contributed by atoms with Crippen LogP contribution in [0.1, 0.15) is 5.56 Å². The number of hydrogen-bond donors (Lipinski definition) is 0. The molecule has 0 saturated carbocycles. The minimum atomic E-state index is -0.757. The summed E-state index contributed by atoms with van der Waals surface area (Å²) in [7, 11) is 1.49. The van der Waals surface area contributed by atoms with Crippen molar-refractivity contribution in [2.75, 3.05) is 7.11 Å². The average Bonchev–Trinajstić information content (AvgIpc) is 2.43. The quantitative estimate of drug-likeness (QED) is 0.850. The number of hydrogen-bond acceptors (Lipinski definition) is 3. The molecule has 0 aromatic heterocycles. The minimum Gasteiger partial charge on any atom is -0.496 e. The van der Waals surface area contributed by atoms with Gasteiger partial charge in [-0.3, -0.25) is 0 Å². The molecule has 0 radical (unpaired) electrons. The number of nitrogens with zero attached hydrogens (tertiary/aromatic N) is 1. The summed E-state index contributed by atoms with van der Waals surface area (Å²) in [6, 6.07) is 10.7. The molecule has 0 saturated heterocycles. The molecule has 19 heavy (non-hydrogen) atoms. The van der Waals surface area contributed by atoms with Gasteiger partial charge in [-0.25, -0.2) is 8.78 Å². The third-order valence-electron chi connectivity index (χ3n) is 2.41. The van der Waals surface area contributed by atoms with Gasteiger partial charge >= 0.3 is 0 Å². The zero-order valence-corrected chi connectivity index (χ0v) is 10.8. The molecule has 0 unspecified atom stereocenters. The van der Waals surface area contributed by atoms with Gasteiger partial charge in [0.2, 0.25) is 0 Å². The van der Waals surface area contributed by atoms with Crippen molar-refractivity contribution in [3.8, 4) is 11.8 Å². The Balaban J connectivity index is 2.42. The number of rotatable bonds is 3. The van der Waals surface area contributed by atoms with E-state index in [0.717, 1.165) is 23.9 Å². The van der Waals surface area contributed by atoms with E-state index in [9.17, 15) is 8.78 Å². The van der Waals surface area contributed by atoms with Gasteiger partial charge in [-0.15, -0.1) is 0 Å². The molecule has 0 heterocycles. The van der Waals surface area contributed by atoms with Crippen LogP contribution in [0.3, 0.4) is 0 Å². The summed E-state index contributed by atoms with van der Waals surface area (Å²) in [5, 5.41) is 8.64. The molecule has 0 fully saturated rings. The van der Waals surface area contributed by atoms with E-state index in [1.54, 1.807) is 30.3 Å². The highest BCUT2D eigenvalue weighted by atomic mass is 32.2. The summed E-state index contributed by atoms with van der Waals surface area (Å²) in [6.45, 7) is 0. The third-order valence-corrected chi connectivity index (χ3v) is 3.56. The van der Waals surface area contributed by atoms with Crippen LogP contribution in [0.15, 0.2) is 46.2 Å². The maximum atomic E-state index is 13.8. The Labute approximate surface area is 113 Å². The van der Waals surface area contributed by atoms with E-state index in [1.165, 1.54) is 7.11 Å². The Morgan fingerprint density at radius 2 is 1.79 bits per heavy atom. The van der Waals surface area contributed by atoms with Crippen LogP contribution in [-0.2, 0) is 0 Å². The molecule has 0 N–H and O–H groups in total. The van der Waals surface area contributed by atoms with Gasteiger partial charge in [-0.2, -0.15) is 5.26 Å². The van der Waals surface area contributed by atoms with E-state index < -0.39 is 11.6 Å². The van der Waals surface area contributed by atoms with E-state index in [0.29, 0.717) is 10.6 Å². The molecule has 0 amide bonds. The zero-order chi connectivity index (χ0) is 13.8. The van der Waals surface area contributed by atoms with Crippen molar-refractivity contribution in [1.82, 2.24) is 0 Å². The molecule has 2 nitrogen and oxygen atoms in total. The largest absolute Gasteiger partial charge is 0.496 e. The SMILES string of the molecule is COc1ccccc1Sc1c(F)cc(C#N)cc1F. The fraction of sp³-hybridized carbons (Fsp3) is 0.0714. The van der Waals surface area contributed by atoms with Crippen LogP contribution < -0.4 is 4.74 Å². The average molecular weight is 277 g/mol. The lowest BCUT2D eigenvalue weighted by Gasteiger charge is -2.09. The number of nitriles is 1. The number of ether oxygens (including phenoxy) is 1. The lowest BCUT2D eigenvalue weighted by atomic mass is 10.2. The molecule has 0 aliphatic heterocycles. The van der Waals surface area contributed by atoms with Gasteiger partial charge in [0, 0.05) is 0 Å². The fourth-order valence-corrected chi connectivity index (χ4v) is 2.47. The maximum absolute atomic E-state index is 13.8. The Hall–Kier alpha value is -2.06. The van der Waals surface area contributed by atoms with Crippen LogP contribution in [0.2, 0.25) is 0 Å². The summed E-state index contributed by atoms with van der Waals surface area (Å²) >= 11 is 0.927. The monoisotopic (exact) mass is 277 g/mol. The second-order valence-electron chi connectivity index (χ2n) is 3.63. The summed E-state index contributed by atoms with van der Waals surface area (Å²) in [5.74, 6) is -0.976.